The minimum Gasteiger partial charge on any atom is -0.493 e. The molecule has 0 saturated carbocycles. The number of nitrogens with zero attached hydrogens (tertiary/aromatic N) is 1. The predicted molar refractivity (Wildman–Crippen MR) is 146 cm³/mol. The number of anilines is 1. The molecule has 2 heterocycles. The van der Waals surface area contributed by atoms with Crippen LogP contribution in [0.15, 0.2) is 72.8 Å². The van der Waals surface area contributed by atoms with Crippen LogP contribution in [-0.2, 0) is 11.0 Å². The van der Waals surface area contributed by atoms with Crippen LogP contribution in [0, 0.1) is 0 Å². The van der Waals surface area contributed by atoms with Gasteiger partial charge in [-0.2, -0.15) is 13.2 Å². The molecule has 1 aliphatic rings. The Hall–Kier alpha value is -4.28. The first-order valence-electron chi connectivity index (χ1n) is 12.1. The van der Waals surface area contributed by atoms with Crippen LogP contribution in [0.3, 0.4) is 0 Å². The van der Waals surface area contributed by atoms with Crippen LogP contribution in [0.2, 0.25) is 10.0 Å². The maximum atomic E-state index is 13.3. The van der Waals surface area contributed by atoms with Crippen LogP contribution in [0.5, 0.6) is 17.2 Å². The number of carbonyl (C=O) groups is 2. The number of fused-ring (bicyclic) bond motifs is 1. The van der Waals surface area contributed by atoms with E-state index in [1.54, 1.807) is 18.2 Å². The summed E-state index contributed by atoms with van der Waals surface area (Å²) in [7, 11) is 0. The quantitative estimate of drug-likeness (QED) is 0.231. The summed E-state index contributed by atoms with van der Waals surface area (Å²) in [5.74, 6) is -1.06. The van der Waals surface area contributed by atoms with Gasteiger partial charge in [-0.05, 0) is 61.0 Å². The van der Waals surface area contributed by atoms with Gasteiger partial charge in [0.05, 0.1) is 33.8 Å². The number of amides is 1. The molecule has 0 bridgehead atoms. The molecule has 0 fully saturated rings. The van der Waals surface area contributed by atoms with Crippen molar-refractivity contribution in [2.75, 3.05) is 11.9 Å². The summed E-state index contributed by atoms with van der Waals surface area (Å²) in [6.07, 6.45) is -4.29. The fourth-order valence-corrected chi connectivity index (χ4v) is 4.72. The van der Waals surface area contributed by atoms with Crippen molar-refractivity contribution in [2.24, 2.45) is 0 Å². The molecule has 0 saturated heterocycles. The van der Waals surface area contributed by atoms with E-state index in [2.05, 4.69) is 10.3 Å². The molecule has 7 nitrogen and oxygen atoms in total. The van der Waals surface area contributed by atoms with Gasteiger partial charge < -0.3 is 19.9 Å². The molecule has 2 N–H and O–H groups in total. The van der Waals surface area contributed by atoms with Gasteiger partial charge in [-0.3, -0.25) is 9.59 Å². The fraction of sp³-hybridized carbons (Fsp3) is 0.138. The van der Waals surface area contributed by atoms with E-state index in [9.17, 15) is 27.9 Å². The summed E-state index contributed by atoms with van der Waals surface area (Å²) in [4.78, 5) is 28.6. The zero-order chi connectivity index (χ0) is 29.3. The lowest BCUT2D eigenvalue weighted by Crippen LogP contribution is -2.20. The third kappa shape index (κ3) is 6.23. The number of hydrogen-bond donors (Lipinski definition) is 2. The van der Waals surface area contributed by atoms with Crippen LogP contribution in [0.4, 0.5) is 19.0 Å². The van der Waals surface area contributed by atoms with Crippen LogP contribution in [0.25, 0.3) is 11.3 Å². The number of hydrogen-bond acceptors (Lipinski definition) is 5. The van der Waals surface area contributed by atoms with Gasteiger partial charge in [-0.25, -0.2) is 4.98 Å². The maximum absolute atomic E-state index is 13.3. The summed E-state index contributed by atoms with van der Waals surface area (Å²) in [5, 5.41) is 11.9. The molecule has 4 aromatic rings. The second kappa shape index (κ2) is 11.3. The van der Waals surface area contributed by atoms with Gasteiger partial charge in [0.25, 0.3) is 5.91 Å². The molecule has 1 aliphatic heterocycles. The Bertz CT molecular complexity index is 1650. The standard InChI is InChI=1S/C29H19Cl2F3N2O5/c30-21-9-6-16(12-20(21)29(32,33)34)23-2-1-3-26(35-23)36-27(37)15-4-7-17(8-5-15)41-25-14-24-19(13-22(25)31)18(28(38)39)10-11-40-24/h1-9,12-14,18H,10-11H2,(H,38,39)(H,35,36,37). The molecule has 0 radical (unpaired) electrons. The van der Waals surface area contributed by atoms with Crippen molar-refractivity contribution in [3.63, 3.8) is 0 Å². The van der Waals surface area contributed by atoms with E-state index in [1.807, 2.05) is 0 Å². The number of carbonyl (C=O) groups excluding carboxylic acids is 1. The van der Waals surface area contributed by atoms with E-state index < -0.39 is 34.6 Å². The summed E-state index contributed by atoms with van der Waals surface area (Å²) in [6.45, 7) is 0.251. The lowest BCUT2D eigenvalue weighted by molar-refractivity contribution is -0.139. The summed E-state index contributed by atoms with van der Waals surface area (Å²) >= 11 is 12.0. The molecule has 1 amide bonds. The van der Waals surface area contributed by atoms with Crippen LogP contribution < -0.4 is 14.8 Å². The lowest BCUT2D eigenvalue weighted by atomic mass is 9.93. The molecule has 210 valence electrons. The van der Waals surface area contributed by atoms with Crippen molar-refractivity contribution < 1.29 is 37.3 Å². The predicted octanol–water partition coefficient (Wildman–Crippen LogP) is 8.07. The normalized spacial score (nSPS) is 14.5. The summed E-state index contributed by atoms with van der Waals surface area (Å²) < 4.78 is 51.2. The highest BCUT2D eigenvalue weighted by Gasteiger charge is 2.33. The molecular formula is C29H19Cl2F3N2O5. The number of carboxylic acid groups (broad SMARTS) is 1. The first-order valence-corrected chi connectivity index (χ1v) is 12.9. The van der Waals surface area contributed by atoms with Crippen molar-refractivity contribution in [1.29, 1.82) is 0 Å². The number of aromatic nitrogens is 1. The summed E-state index contributed by atoms with van der Waals surface area (Å²) in [5.41, 5.74) is 0.157. The largest absolute Gasteiger partial charge is 0.493 e. The number of aliphatic carboxylic acids is 1. The maximum Gasteiger partial charge on any atom is 0.417 e. The van der Waals surface area contributed by atoms with Gasteiger partial charge in [-0.1, -0.05) is 35.3 Å². The van der Waals surface area contributed by atoms with Gasteiger partial charge in [0.15, 0.2) is 0 Å². The van der Waals surface area contributed by atoms with Crippen molar-refractivity contribution in [3.8, 4) is 28.5 Å². The van der Waals surface area contributed by atoms with E-state index >= 15 is 0 Å². The topological polar surface area (TPSA) is 97.8 Å². The van der Waals surface area contributed by atoms with E-state index in [0.717, 1.165) is 12.1 Å². The number of nitrogens with one attached hydrogen (secondary N) is 1. The lowest BCUT2D eigenvalue weighted by Gasteiger charge is -2.24. The van der Waals surface area contributed by atoms with Crippen LogP contribution >= 0.6 is 23.2 Å². The van der Waals surface area contributed by atoms with E-state index in [4.69, 9.17) is 32.7 Å². The molecule has 12 heteroatoms. The average molecular weight is 603 g/mol. The van der Waals surface area contributed by atoms with Crippen LogP contribution in [0.1, 0.15) is 33.8 Å². The number of rotatable bonds is 6. The third-order valence-corrected chi connectivity index (χ3v) is 6.93. The van der Waals surface area contributed by atoms with Crippen molar-refractivity contribution >= 4 is 40.9 Å². The summed E-state index contributed by atoms with van der Waals surface area (Å²) in [6, 6.07) is 17.2. The molecule has 1 unspecified atom stereocenters. The Morgan fingerprint density at radius 3 is 2.46 bits per heavy atom. The Morgan fingerprint density at radius 1 is 1.00 bits per heavy atom. The first kappa shape index (κ1) is 28.3. The molecular weight excluding hydrogens is 584 g/mol. The first-order chi connectivity index (χ1) is 19.5. The highest BCUT2D eigenvalue weighted by molar-refractivity contribution is 6.32. The molecule has 0 aliphatic carbocycles. The number of halogens is 5. The van der Waals surface area contributed by atoms with Crippen molar-refractivity contribution in [2.45, 2.75) is 18.5 Å². The average Bonchev–Trinajstić information content (AvgIpc) is 2.93. The number of carboxylic acids is 1. The van der Waals surface area contributed by atoms with E-state index in [0.29, 0.717) is 23.5 Å². The van der Waals surface area contributed by atoms with E-state index in [-0.39, 0.29) is 40.0 Å². The smallest absolute Gasteiger partial charge is 0.417 e. The number of benzene rings is 3. The molecule has 1 atom stereocenters. The van der Waals surface area contributed by atoms with Gasteiger partial charge in [0, 0.05) is 22.8 Å². The zero-order valence-electron chi connectivity index (χ0n) is 20.8. The van der Waals surface area contributed by atoms with Crippen molar-refractivity contribution in [1.82, 2.24) is 4.98 Å². The minimum atomic E-state index is -4.63. The van der Waals surface area contributed by atoms with Gasteiger partial charge in [0.2, 0.25) is 0 Å². The molecule has 3 aromatic carbocycles. The molecule has 5 rings (SSSR count). The van der Waals surface area contributed by atoms with Crippen molar-refractivity contribution in [3.05, 3.63) is 99.5 Å². The Balaban J connectivity index is 1.29. The monoisotopic (exact) mass is 602 g/mol. The van der Waals surface area contributed by atoms with Crippen LogP contribution in [-0.4, -0.2) is 28.6 Å². The molecule has 1 aromatic heterocycles. The Morgan fingerprint density at radius 2 is 1.76 bits per heavy atom. The minimum absolute atomic E-state index is 0.136. The van der Waals surface area contributed by atoms with Gasteiger partial charge in [-0.15, -0.1) is 0 Å². The number of alkyl halides is 3. The molecule has 41 heavy (non-hydrogen) atoms. The number of pyridine rings is 1. The highest BCUT2D eigenvalue weighted by atomic mass is 35.5. The van der Waals surface area contributed by atoms with Gasteiger partial charge in [0.1, 0.15) is 23.1 Å². The Kier molecular flexibility index (Phi) is 7.79. The Labute approximate surface area is 241 Å². The van der Waals surface area contributed by atoms with Gasteiger partial charge >= 0.3 is 12.1 Å². The second-order valence-corrected chi connectivity index (χ2v) is 9.84. The number of ether oxygens (including phenoxy) is 2. The second-order valence-electron chi connectivity index (χ2n) is 9.03. The fourth-order valence-electron chi connectivity index (χ4n) is 4.28. The van der Waals surface area contributed by atoms with E-state index in [1.165, 1.54) is 42.5 Å². The highest BCUT2D eigenvalue weighted by Crippen LogP contribution is 2.42. The SMILES string of the molecule is O=C(Nc1cccc(-c2ccc(Cl)c(C(F)(F)F)c2)n1)c1ccc(Oc2cc3c(cc2Cl)C(C(=O)O)CCO3)cc1. The zero-order valence-corrected chi connectivity index (χ0v) is 22.3. The third-order valence-electron chi connectivity index (χ3n) is 6.30. The molecule has 0 spiro atoms.